The Morgan fingerprint density at radius 2 is 0.896 bits per heavy atom. The SMILES string of the molecule is CCCCCCCCCCCCCCCCCCCCCCCCCCCCCCCCCC1=NNC(C=S)N1c1ccc(SC)cc1. The minimum absolute atomic E-state index is 0.0199. The van der Waals surface area contributed by atoms with E-state index in [1.807, 2.05) is 0 Å². The molecule has 1 aromatic rings. The number of nitrogens with zero attached hydrogens (tertiary/aromatic N) is 2. The van der Waals surface area contributed by atoms with Gasteiger partial charge >= 0.3 is 0 Å². The van der Waals surface area contributed by atoms with E-state index in [0.29, 0.717) is 0 Å². The van der Waals surface area contributed by atoms with Crippen molar-refractivity contribution in [2.75, 3.05) is 11.2 Å². The number of hydrazone groups is 1. The minimum atomic E-state index is -0.0199. The third-order valence-corrected chi connectivity index (χ3v) is 11.4. The second-order valence-electron chi connectivity index (χ2n) is 14.7. The van der Waals surface area contributed by atoms with Gasteiger partial charge in [-0.3, -0.25) is 5.43 Å². The normalized spacial score (nSPS) is 14.4. The van der Waals surface area contributed by atoms with Crippen molar-refractivity contribution in [2.24, 2.45) is 5.10 Å². The average Bonchev–Trinajstić information content (AvgIpc) is 3.53. The molecule has 0 spiro atoms. The van der Waals surface area contributed by atoms with E-state index in [-0.39, 0.29) is 6.17 Å². The van der Waals surface area contributed by atoms with Crippen LogP contribution in [0.2, 0.25) is 0 Å². The van der Waals surface area contributed by atoms with Gasteiger partial charge in [-0.15, -0.1) is 11.8 Å². The van der Waals surface area contributed by atoms with Gasteiger partial charge in [0.25, 0.3) is 0 Å². The van der Waals surface area contributed by atoms with Gasteiger partial charge in [0.2, 0.25) is 0 Å². The van der Waals surface area contributed by atoms with Gasteiger partial charge in [0.1, 0.15) is 12.0 Å². The van der Waals surface area contributed by atoms with Gasteiger partial charge in [-0.25, -0.2) is 0 Å². The largest absolute Gasteiger partial charge is 0.302 e. The fourth-order valence-corrected chi connectivity index (χ4v) is 7.81. The summed E-state index contributed by atoms with van der Waals surface area (Å²) in [5.74, 6) is 1.12. The smallest absolute Gasteiger partial charge is 0.150 e. The van der Waals surface area contributed by atoms with E-state index in [9.17, 15) is 0 Å². The van der Waals surface area contributed by atoms with E-state index in [0.717, 1.165) is 12.3 Å². The van der Waals surface area contributed by atoms with Crippen molar-refractivity contribution in [3.63, 3.8) is 0 Å². The Morgan fingerprint density at radius 1 is 0.562 bits per heavy atom. The van der Waals surface area contributed by atoms with Crippen LogP contribution in [0.5, 0.6) is 0 Å². The lowest BCUT2D eigenvalue weighted by molar-refractivity contribution is 0.512. The van der Waals surface area contributed by atoms with Crippen LogP contribution >= 0.6 is 24.0 Å². The summed E-state index contributed by atoms with van der Waals surface area (Å²) in [5.41, 5.74) is 4.38. The summed E-state index contributed by atoms with van der Waals surface area (Å²) in [7, 11) is 0. The van der Waals surface area contributed by atoms with E-state index in [2.05, 4.69) is 52.9 Å². The Bertz CT molecular complexity index is 887. The molecule has 0 aromatic heterocycles. The van der Waals surface area contributed by atoms with Crippen LogP contribution in [0.1, 0.15) is 212 Å². The fraction of sp³-hybridized carbons (Fsp3) is 0.814. The van der Waals surface area contributed by atoms with Crippen molar-refractivity contribution in [2.45, 2.75) is 223 Å². The van der Waals surface area contributed by atoms with Gasteiger partial charge < -0.3 is 4.90 Å². The first kappa shape index (κ1) is 43.1. The third-order valence-electron chi connectivity index (χ3n) is 10.4. The summed E-state index contributed by atoms with van der Waals surface area (Å²) in [6.07, 6.45) is 47.8. The predicted octanol–water partition coefficient (Wildman–Crippen LogP) is 15.0. The highest BCUT2D eigenvalue weighted by molar-refractivity contribution is 7.98. The van der Waals surface area contributed by atoms with Crippen LogP contribution in [-0.4, -0.2) is 23.6 Å². The van der Waals surface area contributed by atoms with Crippen LogP contribution < -0.4 is 10.3 Å². The molecular weight excluding hydrogens is 623 g/mol. The molecule has 0 saturated heterocycles. The molecule has 0 amide bonds. The van der Waals surface area contributed by atoms with E-state index in [4.69, 9.17) is 12.2 Å². The zero-order chi connectivity index (χ0) is 34.2. The first-order valence-corrected chi connectivity index (χ1v) is 22.7. The number of thioether (sulfide) groups is 1. The summed E-state index contributed by atoms with van der Waals surface area (Å²) in [4.78, 5) is 3.55. The van der Waals surface area contributed by atoms with Gasteiger partial charge in [0.05, 0.1) is 0 Å². The fourth-order valence-electron chi connectivity index (χ4n) is 7.22. The zero-order valence-corrected chi connectivity index (χ0v) is 33.4. The van der Waals surface area contributed by atoms with Crippen LogP contribution in [-0.2, 0) is 0 Å². The number of amidine groups is 1. The summed E-state index contributed by atoms with van der Waals surface area (Å²) >= 11 is 7.05. The van der Waals surface area contributed by atoms with E-state index in [1.54, 1.807) is 17.1 Å². The molecule has 1 aliphatic heterocycles. The molecule has 3 nitrogen and oxygen atoms in total. The zero-order valence-electron chi connectivity index (χ0n) is 31.8. The standard InChI is InChI=1S/C43H77N3S2/c1-3-4-5-6-7-8-9-10-11-12-13-14-15-16-17-18-19-20-21-22-23-24-25-26-27-28-29-30-31-32-33-34-42-44-45-43(39-47)46(42)40-35-37-41(48-2)38-36-40/h35-39,43,45H,3-34H2,1-2H3. The molecule has 2 rings (SSSR count). The molecular formula is C43H77N3S2. The number of anilines is 1. The molecule has 0 saturated carbocycles. The van der Waals surface area contributed by atoms with E-state index >= 15 is 0 Å². The molecule has 1 N–H and O–H groups in total. The summed E-state index contributed by atoms with van der Waals surface area (Å²) in [6, 6.07) is 8.73. The Balaban J connectivity index is 1.25. The molecule has 0 radical (unpaired) electrons. The lowest BCUT2D eigenvalue weighted by atomic mass is 10.0. The van der Waals surface area contributed by atoms with Gasteiger partial charge in [-0.05, 0) is 36.9 Å². The first-order valence-electron chi connectivity index (χ1n) is 21.0. The monoisotopic (exact) mass is 700 g/mol. The highest BCUT2D eigenvalue weighted by atomic mass is 32.2. The number of unbranched alkanes of at least 4 members (excludes halogenated alkanes) is 30. The molecule has 5 heteroatoms. The van der Waals surface area contributed by atoms with Crippen LogP contribution in [0.25, 0.3) is 0 Å². The van der Waals surface area contributed by atoms with Crippen molar-refractivity contribution in [1.82, 2.24) is 5.43 Å². The molecule has 48 heavy (non-hydrogen) atoms. The van der Waals surface area contributed by atoms with E-state index in [1.165, 1.54) is 210 Å². The second-order valence-corrected chi connectivity index (χ2v) is 15.8. The second kappa shape index (κ2) is 31.9. The van der Waals surface area contributed by atoms with Crippen LogP contribution in [0.4, 0.5) is 5.69 Å². The molecule has 0 fully saturated rings. The maximum absolute atomic E-state index is 5.27. The molecule has 276 valence electrons. The molecule has 1 unspecified atom stereocenters. The number of benzene rings is 1. The number of hydrogen-bond acceptors (Lipinski definition) is 5. The molecule has 1 aromatic carbocycles. The molecule has 0 aliphatic carbocycles. The van der Waals surface area contributed by atoms with Crippen molar-refractivity contribution in [3.8, 4) is 0 Å². The van der Waals surface area contributed by atoms with Crippen molar-refractivity contribution >= 4 is 40.9 Å². The van der Waals surface area contributed by atoms with Crippen LogP contribution in [0, 0.1) is 0 Å². The lowest BCUT2D eigenvalue weighted by Crippen LogP contribution is -2.41. The van der Waals surface area contributed by atoms with Crippen molar-refractivity contribution < 1.29 is 0 Å². The Morgan fingerprint density at radius 3 is 1.21 bits per heavy atom. The molecule has 1 atom stereocenters. The van der Waals surface area contributed by atoms with Gasteiger partial charge in [-0.1, -0.05) is 212 Å². The van der Waals surface area contributed by atoms with Gasteiger partial charge in [0, 0.05) is 22.4 Å². The number of thiocarbonyl (C=S) groups is 1. The predicted molar refractivity (Wildman–Crippen MR) is 222 cm³/mol. The van der Waals surface area contributed by atoms with Crippen molar-refractivity contribution in [1.29, 1.82) is 0 Å². The van der Waals surface area contributed by atoms with Crippen LogP contribution in [0.3, 0.4) is 0 Å². The van der Waals surface area contributed by atoms with Gasteiger partial charge in [-0.2, -0.15) is 5.10 Å². The number of hydrogen-bond donors (Lipinski definition) is 1. The topological polar surface area (TPSA) is 27.6 Å². The Kier molecular flexibility index (Phi) is 28.6. The molecule has 1 heterocycles. The highest BCUT2D eigenvalue weighted by Gasteiger charge is 2.26. The van der Waals surface area contributed by atoms with Gasteiger partial charge in [0.15, 0.2) is 0 Å². The lowest BCUT2D eigenvalue weighted by Gasteiger charge is -2.24. The minimum Gasteiger partial charge on any atom is -0.302 e. The molecule has 1 aliphatic rings. The number of rotatable bonds is 35. The molecule has 0 bridgehead atoms. The Labute approximate surface area is 309 Å². The Hall–Kier alpha value is -1.07. The quantitative estimate of drug-likeness (QED) is 0.0434. The average molecular weight is 700 g/mol. The maximum atomic E-state index is 5.27. The summed E-state index contributed by atoms with van der Waals surface area (Å²) < 4.78 is 0. The summed E-state index contributed by atoms with van der Waals surface area (Å²) in [6.45, 7) is 2.31. The summed E-state index contributed by atoms with van der Waals surface area (Å²) in [5, 5.41) is 6.40. The van der Waals surface area contributed by atoms with Crippen molar-refractivity contribution in [3.05, 3.63) is 24.3 Å². The van der Waals surface area contributed by atoms with E-state index < -0.39 is 0 Å². The van der Waals surface area contributed by atoms with Crippen LogP contribution in [0.15, 0.2) is 34.3 Å². The maximum Gasteiger partial charge on any atom is 0.150 e. The third kappa shape index (κ3) is 21.9. The first-order chi connectivity index (χ1) is 23.8. The number of nitrogens with one attached hydrogen (secondary N) is 1. The highest BCUT2D eigenvalue weighted by Crippen LogP contribution is 2.25.